The molecule has 0 N–H and O–H groups in total. The van der Waals surface area contributed by atoms with Gasteiger partial charge in [0.1, 0.15) is 0 Å². The summed E-state index contributed by atoms with van der Waals surface area (Å²) in [5.41, 5.74) is 2.50. The van der Waals surface area contributed by atoms with Gasteiger partial charge in [-0.05, 0) is 30.4 Å². The smallest absolute Gasteiger partial charge is 0.232 e. The summed E-state index contributed by atoms with van der Waals surface area (Å²) in [6, 6.07) is 12.3. The molecule has 128 valence electrons. The molecule has 1 saturated heterocycles. The number of rotatable bonds is 5. The van der Waals surface area contributed by atoms with Gasteiger partial charge in [-0.15, -0.1) is 11.3 Å². The Morgan fingerprint density at radius 1 is 1.32 bits per heavy atom. The van der Waals surface area contributed by atoms with Gasteiger partial charge in [-0.3, -0.25) is 4.79 Å². The van der Waals surface area contributed by atoms with Crippen LogP contribution in [0.15, 0.2) is 46.3 Å². The first-order valence-electron chi connectivity index (χ1n) is 8.40. The third kappa shape index (κ3) is 3.49. The molecule has 1 aliphatic heterocycles. The molecule has 0 spiro atoms. The van der Waals surface area contributed by atoms with Crippen LogP contribution in [-0.4, -0.2) is 34.0 Å². The fourth-order valence-corrected chi connectivity index (χ4v) is 3.84. The Morgan fingerprint density at radius 2 is 2.24 bits per heavy atom. The minimum absolute atomic E-state index is 0.00813. The highest BCUT2D eigenvalue weighted by Crippen LogP contribution is 2.29. The SMILES string of the molecule is Cc1cccc(CCN2CC(c3nc(-c4cccs4)no3)CC2=O)c1. The molecule has 1 amide bonds. The highest BCUT2D eigenvalue weighted by Gasteiger charge is 2.34. The van der Waals surface area contributed by atoms with E-state index in [1.54, 1.807) is 11.3 Å². The largest absolute Gasteiger partial charge is 0.342 e. The number of hydrogen-bond donors (Lipinski definition) is 0. The van der Waals surface area contributed by atoms with E-state index in [0.717, 1.165) is 17.8 Å². The van der Waals surface area contributed by atoms with Crippen molar-refractivity contribution >= 4 is 17.2 Å². The lowest BCUT2D eigenvalue weighted by molar-refractivity contribution is -0.127. The van der Waals surface area contributed by atoms with E-state index in [0.29, 0.717) is 24.7 Å². The average molecular weight is 353 g/mol. The van der Waals surface area contributed by atoms with Crippen molar-refractivity contribution in [2.75, 3.05) is 13.1 Å². The van der Waals surface area contributed by atoms with Crippen LogP contribution in [0.3, 0.4) is 0 Å². The Kier molecular flexibility index (Phi) is 4.36. The molecule has 25 heavy (non-hydrogen) atoms. The second-order valence-electron chi connectivity index (χ2n) is 6.41. The molecule has 1 atom stereocenters. The Hall–Kier alpha value is -2.47. The number of carbonyl (C=O) groups excluding carboxylic acids is 1. The first-order chi connectivity index (χ1) is 12.2. The summed E-state index contributed by atoms with van der Waals surface area (Å²) in [7, 11) is 0. The Labute approximate surface area is 150 Å². The maximum absolute atomic E-state index is 12.3. The quantitative estimate of drug-likeness (QED) is 0.702. The zero-order valence-electron chi connectivity index (χ0n) is 14.0. The molecule has 0 aliphatic carbocycles. The lowest BCUT2D eigenvalue weighted by Gasteiger charge is -2.16. The summed E-state index contributed by atoms with van der Waals surface area (Å²) in [6.45, 7) is 3.46. The Bertz CT molecular complexity index is 872. The summed E-state index contributed by atoms with van der Waals surface area (Å²) in [6.07, 6.45) is 1.31. The monoisotopic (exact) mass is 353 g/mol. The van der Waals surface area contributed by atoms with Crippen LogP contribution in [0, 0.1) is 6.92 Å². The maximum Gasteiger partial charge on any atom is 0.232 e. The summed E-state index contributed by atoms with van der Waals surface area (Å²) < 4.78 is 5.41. The molecule has 1 unspecified atom stereocenters. The fourth-order valence-electron chi connectivity index (χ4n) is 3.19. The van der Waals surface area contributed by atoms with Gasteiger partial charge in [-0.25, -0.2) is 0 Å². The van der Waals surface area contributed by atoms with Gasteiger partial charge in [0.25, 0.3) is 0 Å². The van der Waals surface area contributed by atoms with E-state index in [4.69, 9.17) is 4.52 Å². The normalized spacial score (nSPS) is 17.4. The molecule has 1 aliphatic rings. The number of benzene rings is 1. The van der Waals surface area contributed by atoms with Crippen LogP contribution in [0.5, 0.6) is 0 Å². The molecule has 0 radical (unpaired) electrons. The van der Waals surface area contributed by atoms with Crippen molar-refractivity contribution in [2.45, 2.75) is 25.7 Å². The number of aromatic nitrogens is 2. The van der Waals surface area contributed by atoms with Crippen LogP contribution < -0.4 is 0 Å². The highest BCUT2D eigenvalue weighted by molar-refractivity contribution is 7.13. The van der Waals surface area contributed by atoms with Crippen LogP contribution in [0.1, 0.15) is 29.4 Å². The predicted octanol–water partition coefficient (Wildman–Crippen LogP) is 3.67. The van der Waals surface area contributed by atoms with Crippen molar-refractivity contribution in [1.29, 1.82) is 0 Å². The van der Waals surface area contributed by atoms with Crippen LogP contribution in [0.2, 0.25) is 0 Å². The Morgan fingerprint density at radius 3 is 3.04 bits per heavy atom. The van der Waals surface area contributed by atoms with Crippen LogP contribution in [0.25, 0.3) is 10.7 Å². The minimum atomic E-state index is -0.00813. The summed E-state index contributed by atoms with van der Waals surface area (Å²) >= 11 is 1.58. The lowest BCUT2D eigenvalue weighted by Crippen LogP contribution is -2.27. The first kappa shape index (κ1) is 16.0. The van der Waals surface area contributed by atoms with Crippen molar-refractivity contribution < 1.29 is 9.32 Å². The average Bonchev–Trinajstić information content (AvgIpc) is 3.33. The zero-order chi connectivity index (χ0) is 17.2. The highest BCUT2D eigenvalue weighted by atomic mass is 32.1. The molecule has 6 heteroatoms. The third-order valence-corrected chi connectivity index (χ3v) is 5.37. The van der Waals surface area contributed by atoms with Crippen molar-refractivity contribution in [3.63, 3.8) is 0 Å². The van der Waals surface area contributed by atoms with E-state index in [-0.39, 0.29) is 11.8 Å². The fraction of sp³-hybridized carbons (Fsp3) is 0.316. The van der Waals surface area contributed by atoms with E-state index in [1.807, 2.05) is 22.4 Å². The second kappa shape index (κ2) is 6.80. The van der Waals surface area contributed by atoms with Gasteiger partial charge in [0.05, 0.1) is 10.8 Å². The van der Waals surface area contributed by atoms with Gasteiger partial charge < -0.3 is 9.42 Å². The molecule has 3 heterocycles. The second-order valence-corrected chi connectivity index (χ2v) is 7.36. The third-order valence-electron chi connectivity index (χ3n) is 4.50. The number of thiophene rings is 1. The standard InChI is InChI=1S/C19H19N3O2S/c1-13-4-2-5-14(10-13)7-8-22-12-15(11-17(22)23)19-20-18(21-24-19)16-6-3-9-25-16/h2-6,9-10,15H,7-8,11-12H2,1H3. The predicted molar refractivity (Wildman–Crippen MR) is 96.4 cm³/mol. The van der Waals surface area contributed by atoms with Crippen molar-refractivity contribution in [1.82, 2.24) is 15.0 Å². The molecule has 0 saturated carbocycles. The summed E-state index contributed by atoms with van der Waals surface area (Å²) in [4.78, 5) is 19.7. The van der Waals surface area contributed by atoms with E-state index in [1.165, 1.54) is 11.1 Å². The van der Waals surface area contributed by atoms with Gasteiger partial charge in [-0.1, -0.05) is 41.1 Å². The van der Waals surface area contributed by atoms with Crippen molar-refractivity contribution in [3.8, 4) is 10.7 Å². The molecular formula is C19H19N3O2S. The van der Waals surface area contributed by atoms with Gasteiger partial charge in [0.15, 0.2) is 0 Å². The van der Waals surface area contributed by atoms with Crippen LogP contribution in [0.4, 0.5) is 0 Å². The number of carbonyl (C=O) groups is 1. The summed E-state index contributed by atoms with van der Waals surface area (Å²) in [5, 5.41) is 6.03. The zero-order valence-corrected chi connectivity index (χ0v) is 14.8. The van der Waals surface area contributed by atoms with Gasteiger partial charge in [0.2, 0.25) is 17.6 Å². The first-order valence-corrected chi connectivity index (χ1v) is 9.28. The van der Waals surface area contributed by atoms with Crippen molar-refractivity contribution in [3.05, 3.63) is 58.8 Å². The van der Waals surface area contributed by atoms with Crippen molar-refractivity contribution in [2.24, 2.45) is 0 Å². The van der Waals surface area contributed by atoms with Gasteiger partial charge >= 0.3 is 0 Å². The van der Waals surface area contributed by atoms with E-state index >= 15 is 0 Å². The molecule has 5 nitrogen and oxygen atoms in total. The maximum atomic E-state index is 12.3. The molecule has 3 aromatic rings. The number of amides is 1. The number of nitrogens with zero attached hydrogens (tertiary/aromatic N) is 3. The van der Waals surface area contributed by atoms with E-state index in [2.05, 4.69) is 41.3 Å². The summed E-state index contributed by atoms with van der Waals surface area (Å²) in [5.74, 6) is 1.32. The molecule has 1 aromatic carbocycles. The number of hydrogen-bond acceptors (Lipinski definition) is 5. The molecule has 0 bridgehead atoms. The van der Waals surface area contributed by atoms with E-state index < -0.39 is 0 Å². The molecular weight excluding hydrogens is 334 g/mol. The molecule has 1 fully saturated rings. The number of aryl methyl sites for hydroxylation is 1. The van der Waals surface area contributed by atoms with E-state index in [9.17, 15) is 4.79 Å². The molecule has 4 rings (SSSR count). The van der Waals surface area contributed by atoms with Crippen LogP contribution in [-0.2, 0) is 11.2 Å². The van der Waals surface area contributed by atoms with Gasteiger partial charge in [-0.2, -0.15) is 4.98 Å². The topological polar surface area (TPSA) is 59.2 Å². The Balaban J connectivity index is 1.40. The minimum Gasteiger partial charge on any atom is -0.342 e. The lowest BCUT2D eigenvalue weighted by atomic mass is 10.1. The van der Waals surface area contributed by atoms with Crippen LogP contribution >= 0.6 is 11.3 Å². The number of likely N-dealkylation sites (tertiary alicyclic amines) is 1. The van der Waals surface area contributed by atoms with Gasteiger partial charge in [0, 0.05) is 19.5 Å². The molecule has 2 aromatic heterocycles.